The molecule has 2 rings (SSSR count). The summed E-state index contributed by atoms with van der Waals surface area (Å²) in [4.78, 5) is 4.27. The lowest BCUT2D eigenvalue weighted by molar-refractivity contribution is 0.584. The van der Waals surface area contributed by atoms with Gasteiger partial charge in [-0.2, -0.15) is 0 Å². The smallest absolute Gasteiger partial charge is 0.183 e. The first-order valence-corrected chi connectivity index (χ1v) is 6.23. The molecule has 0 spiro atoms. The Labute approximate surface area is 102 Å². The first-order valence-electron chi connectivity index (χ1n) is 5.35. The third-order valence-corrected chi connectivity index (χ3v) is 2.99. The van der Waals surface area contributed by atoms with E-state index in [-0.39, 0.29) is 0 Å². The van der Waals surface area contributed by atoms with Crippen LogP contribution in [0.1, 0.15) is 13.3 Å². The highest BCUT2D eigenvalue weighted by molar-refractivity contribution is 7.14. The fourth-order valence-corrected chi connectivity index (χ4v) is 2.17. The maximum absolute atomic E-state index is 13.0. The van der Waals surface area contributed by atoms with E-state index in [0.717, 1.165) is 24.2 Å². The van der Waals surface area contributed by atoms with Gasteiger partial charge in [-0.15, -0.1) is 11.3 Å². The number of hydrogen-bond donors (Lipinski definition) is 1. The Balaban J connectivity index is 2.24. The van der Waals surface area contributed by atoms with Gasteiger partial charge in [0.15, 0.2) is 5.13 Å². The SMILES string of the molecule is CCCNc1nc(-c2cc(F)cc(F)c2)cs1. The van der Waals surface area contributed by atoms with Gasteiger partial charge in [-0.1, -0.05) is 6.92 Å². The highest BCUT2D eigenvalue weighted by atomic mass is 32.1. The standard InChI is InChI=1S/C12H12F2N2S/c1-2-3-15-12-16-11(7-17-12)8-4-9(13)6-10(14)5-8/h4-7H,2-3H2,1H3,(H,15,16). The number of hydrogen-bond acceptors (Lipinski definition) is 3. The topological polar surface area (TPSA) is 24.9 Å². The van der Waals surface area contributed by atoms with Crippen molar-refractivity contribution in [2.24, 2.45) is 0 Å². The second kappa shape index (κ2) is 5.23. The van der Waals surface area contributed by atoms with Crippen molar-refractivity contribution < 1.29 is 8.78 Å². The summed E-state index contributed by atoms with van der Waals surface area (Å²) in [6.07, 6.45) is 1.00. The van der Waals surface area contributed by atoms with Crippen molar-refractivity contribution in [3.63, 3.8) is 0 Å². The molecule has 5 heteroatoms. The molecular formula is C12H12F2N2S. The number of aromatic nitrogens is 1. The van der Waals surface area contributed by atoms with E-state index in [9.17, 15) is 8.78 Å². The zero-order valence-corrected chi connectivity index (χ0v) is 10.2. The highest BCUT2D eigenvalue weighted by Gasteiger charge is 2.07. The summed E-state index contributed by atoms with van der Waals surface area (Å²) in [7, 11) is 0. The van der Waals surface area contributed by atoms with Gasteiger partial charge in [0.05, 0.1) is 5.69 Å². The first-order chi connectivity index (χ1) is 8.19. The Morgan fingerprint density at radius 2 is 1.94 bits per heavy atom. The van der Waals surface area contributed by atoms with Gasteiger partial charge in [-0.3, -0.25) is 0 Å². The molecule has 0 amide bonds. The molecule has 90 valence electrons. The molecule has 2 aromatic rings. The quantitative estimate of drug-likeness (QED) is 0.894. The predicted octanol–water partition coefficient (Wildman–Crippen LogP) is 3.91. The highest BCUT2D eigenvalue weighted by Crippen LogP contribution is 2.26. The summed E-state index contributed by atoms with van der Waals surface area (Å²) < 4.78 is 26.1. The zero-order chi connectivity index (χ0) is 12.3. The van der Waals surface area contributed by atoms with E-state index >= 15 is 0 Å². The van der Waals surface area contributed by atoms with Gasteiger partial charge in [0.1, 0.15) is 11.6 Å². The van der Waals surface area contributed by atoms with Crippen molar-refractivity contribution in [1.29, 1.82) is 0 Å². The summed E-state index contributed by atoms with van der Waals surface area (Å²) in [5.74, 6) is -1.17. The summed E-state index contributed by atoms with van der Waals surface area (Å²) >= 11 is 1.43. The van der Waals surface area contributed by atoms with Crippen LogP contribution in [0.15, 0.2) is 23.6 Å². The van der Waals surface area contributed by atoms with Crippen molar-refractivity contribution in [2.75, 3.05) is 11.9 Å². The van der Waals surface area contributed by atoms with Crippen molar-refractivity contribution in [3.8, 4) is 11.3 Å². The summed E-state index contributed by atoms with van der Waals surface area (Å²) in [6, 6.07) is 3.41. The molecule has 0 aliphatic carbocycles. The van der Waals surface area contributed by atoms with Gasteiger partial charge in [0.25, 0.3) is 0 Å². The molecule has 0 radical (unpaired) electrons. The Morgan fingerprint density at radius 1 is 1.24 bits per heavy atom. The van der Waals surface area contributed by atoms with Gasteiger partial charge in [-0.05, 0) is 18.6 Å². The first kappa shape index (κ1) is 12.0. The van der Waals surface area contributed by atoms with Crippen LogP contribution in [-0.2, 0) is 0 Å². The molecule has 1 aromatic heterocycles. The third kappa shape index (κ3) is 3.00. The van der Waals surface area contributed by atoms with Crippen LogP contribution in [0.25, 0.3) is 11.3 Å². The molecule has 0 fully saturated rings. The van der Waals surface area contributed by atoms with Gasteiger partial charge in [0.2, 0.25) is 0 Å². The maximum Gasteiger partial charge on any atom is 0.183 e. The van der Waals surface area contributed by atoms with Crippen LogP contribution in [0.3, 0.4) is 0 Å². The fraction of sp³-hybridized carbons (Fsp3) is 0.250. The average molecular weight is 254 g/mol. The molecular weight excluding hydrogens is 242 g/mol. The normalized spacial score (nSPS) is 10.5. The van der Waals surface area contributed by atoms with Crippen molar-refractivity contribution >= 4 is 16.5 Å². The second-order valence-electron chi connectivity index (χ2n) is 3.62. The molecule has 0 saturated heterocycles. The van der Waals surface area contributed by atoms with E-state index in [4.69, 9.17) is 0 Å². The maximum atomic E-state index is 13.0. The monoisotopic (exact) mass is 254 g/mol. The van der Waals surface area contributed by atoms with Gasteiger partial charge >= 0.3 is 0 Å². The lowest BCUT2D eigenvalue weighted by Crippen LogP contribution is -1.98. The number of nitrogens with zero attached hydrogens (tertiary/aromatic N) is 1. The van der Waals surface area contributed by atoms with E-state index in [1.54, 1.807) is 5.38 Å². The third-order valence-electron chi connectivity index (χ3n) is 2.19. The minimum atomic E-state index is -0.587. The molecule has 2 nitrogen and oxygen atoms in total. The predicted molar refractivity (Wildman–Crippen MR) is 66.2 cm³/mol. The molecule has 1 heterocycles. The van der Waals surface area contributed by atoms with Crippen LogP contribution in [0, 0.1) is 11.6 Å². The van der Waals surface area contributed by atoms with Crippen LogP contribution in [0.5, 0.6) is 0 Å². The Morgan fingerprint density at radius 3 is 2.59 bits per heavy atom. The van der Waals surface area contributed by atoms with E-state index in [0.29, 0.717) is 11.3 Å². The molecule has 1 aromatic carbocycles. The molecule has 0 atom stereocenters. The lowest BCUT2D eigenvalue weighted by atomic mass is 10.2. The second-order valence-corrected chi connectivity index (χ2v) is 4.48. The molecule has 0 aliphatic heterocycles. The van der Waals surface area contributed by atoms with Crippen molar-refractivity contribution in [3.05, 3.63) is 35.2 Å². The number of rotatable bonds is 4. The van der Waals surface area contributed by atoms with Crippen LogP contribution in [0.2, 0.25) is 0 Å². The Hall–Kier alpha value is -1.49. The number of benzene rings is 1. The Bertz CT molecular complexity index is 491. The lowest BCUT2D eigenvalue weighted by Gasteiger charge is -1.99. The van der Waals surface area contributed by atoms with Gasteiger partial charge in [-0.25, -0.2) is 13.8 Å². The summed E-state index contributed by atoms with van der Waals surface area (Å²) in [5.41, 5.74) is 1.05. The van der Waals surface area contributed by atoms with Crippen LogP contribution in [-0.4, -0.2) is 11.5 Å². The molecule has 0 saturated carbocycles. The van der Waals surface area contributed by atoms with Crippen molar-refractivity contribution in [1.82, 2.24) is 4.98 Å². The largest absolute Gasteiger partial charge is 0.362 e. The van der Waals surface area contributed by atoms with Crippen LogP contribution in [0.4, 0.5) is 13.9 Å². The van der Waals surface area contributed by atoms with E-state index < -0.39 is 11.6 Å². The minimum absolute atomic E-state index is 0.461. The minimum Gasteiger partial charge on any atom is -0.362 e. The molecule has 17 heavy (non-hydrogen) atoms. The van der Waals surface area contributed by atoms with Gasteiger partial charge in [0, 0.05) is 23.6 Å². The molecule has 0 aliphatic rings. The van der Waals surface area contributed by atoms with E-state index in [1.807, 2.05) is 0 Å². The molecule has 1 N–H and O–H groups in total. The summed E-state index contributed by atoms with van der Waals surface area (Å²) in [5, 5.41) is 5.69. The Kier molecular flexibility index (Phi) is 3.68. The zero-order valence-electron chi connectivity index (χ0n) is 9.34. The average Bonchev–Trinajstić information content (AvgIpc) is 2.73. The van der Waals surface area contributed by atoms with Crippen LogP contribution >= 0.6 is 11.3 Å². The van der Waals surface area contributed by atoms with Gasteiger partial charge < -0.3 is 5.32 Å². The van der Waals surface area contributed by atoms with E-state index in [2.05, 4.69) is 17.2 Å². The van der Waals surface area contributed by atoms with Crippen LogP contribution < -0.4 is 5.32 Å². The fourth-order valence-electron chi connectivity index (χ4n) is 1.42. The number of halogens is 2. The van der Waals surface area contributed by atoms with E-state index in [1.165, 1.54) is 23.5 Å². The molecule has 0 unspecified atom stereocenters. The number of nitrogens with one attached hydrogen (secondary N) is 1. The number of anilines is 1. The molecule has 0 bridgehead atoms. The summed E-state index contributed by atoms with van der Waals surface area (Å²) in [6.45, 7) is 2.90. The van der Waals surface area contributed by atoms with Crippen molar-refractivity contribution in [2.45, 2.75) is 13.3 Å². The number of thiazole rings is 1.